The highest BCUT2D eigenvalue weighted by Crippen LogP contribution is 2.14. The molecule has 0 amide bonds. The van der Waals surface area contributed by atoms with Crippen LogP contribution in [0.2, 0.25) is 5.02 Å². The Morgan fingerprint density at radius 1 is 1.18 bits per heavy atom. The fourth-order valence-corrected chi connectivity index (χ4v) is 2.44. The second-order valence-electron chi connectivity index (χ2n) is 3.60. The van der Waals surface area contributed by atoms with Crippen molar-refractivity contribution < 1.29 is 13.8 Å². The molecule has 0 saturated carbocycles. The second-order valence-corrected chi connectivity index (χ2v) is 5.04. The number of rotatable bonds is 5. The predicted molar refractivity (Wildman–Crippen MR) is 72.3 cm³/mol. The summed E-state index contributed by atoms with van der Waals surface area (Å²) in [5.74, 6) is 0. The molecule has 0 bridgehead atoms. The highest BCUT2D eigenvalue weighted by molar-refractivity contribution is 7.09. The molecule has 2 aromatic rings. The van der Waals surface area contributed by atoms with Crippen molar-refractivity contribution in [1.29, 1.82) is 0 Å². The van der Waals surface area contributed by atoms with Gasteiger partial charge in [0.15, 0.2) is 0 Å². The first-order chi connectivity index (χ1) is 7.86. The van der Waals surface area contributed by atoms with Crippen LogP contribution in [0.4, 0.5) is 0 Å². The Kier molecular flexibility index (Phi) is 6.60. The van der Waals surface area contributed by atoms with Gasteiger partial charge >= 0.3 is 1.43 Å². The summed E-state index contributed by atoms with van der Waals surface area (Å²) in [6.45, 7) is 1.83. The number of hydrogen-bond donors (Lipinski definition) is 1. The summed E-state index contributed by atoms with van der Waals surface area (Å²) in [5.41, 5.74) is 1.16. The highest BCUT2D eigenvalue weighted by Gasteiger charge is 1.98. The van der Waals surface area contributed by atoms with Gasteiger partial charge in [0, 0.05) is 23.0 Å². The van der Waals surface area contributed by atoms with Crippen LogP contribution in [0.3, 0.4) is 0 Å². The zero-order chi connectivity index (χ0) is 11.2. The Morgan fingerprint density at radius 2 is 2.00 bits per heavy atom. The Bertz CT molecular complexity index is 434. The fourth-order valence-electron chi connectivity index (χ4n) is 1.53. The van der Waals surface area contributed by atoms with Crippen molar-refractivity contribution in [2.45, 2.75) is 13.0 Å². The summed E-state index contributed by atoms with van der Waals surface area (Å²) < 4.78 is 0. The molecule has 1 nitrogen and oxygen atoms in total. The van der Waals surface area contributed by atoms with Gasteiger partial charge < -0.3 is 17.7 Å². The van der Waals surface area contributed by atoms with Gasteiger partial charge in [-0.25, -0.2) is 0 Å². The van der Waals surface area contributed by atoms with Gasteiger partial charge in [-0.05, 0) is 29.5 Å². The molecule has 0 saturated heterocycles. The van der Waals surface area contributed by atoms with Gasteiger partial charge in [-0.1, -0.05) is 35.9 Å². The third kappa shape index (κ3) is 4.68. The van der Waals surface area contributed by atoms with Crippen LogP contribution in [0.5, 0.6) is 0 Å². The molecule has 0 radical (unpaired) electrons. The third-order valence-electron chi connectivity index (χ3n) is 2.40. The van der Waals surface area contributed by atoms with Crippen molar-refractivity contribution in [2.75, 3.05) is 6.54 Å². The van der Waals surface area contributed by atoms with Crippen molar-refractivity contribution in [3.63, 3.8) is 0 Å². The third-order valence-corrected chi connectivity index (χ3v) is 3.71. The van der Waals surface area contributed by atoms with Gasteiger partial charge in [-0.3, -0.25) is 0 Å². The van der Waals surface area contributed by atoms with E-state index in [4.69, 9.17) is 11.6 Å². The Labute approximate surface area is 119 Å². The van der Waals surface area contributed by atoms with Crippen molar-refractivity contribution >= 4 is 22.9 Å². The summed E-state index contributed by atoms with van der Waals surface area (Å²) in [5, 5.41) is 6.36. The zero-order valence-electron chi connectivity index (χ0n) is 10.3. The van der Waals surface area contributed by atoms with Crippen molar-refractivity contribution in [3.05, 3.63) is 57.2 Å². The van der Waals surface area contributed by atoms with Gasteiger partial charge in [0.1, 0.15) is 0 Å². The molecule has 0 spiro atoms. The minimum Gasteiger partial charge on any atom is -1.00 e. The monoisotopic (exact) mass is 287 g/mol. The van der Waals surface area contributed by atoms with Crippen LogP contribution in [0.1, 0.15) is 11.9 Å². The first-order valence-corrected chi connectivity index (χ1v) is 6.58. The van der Waals surface area contributed by atoms with Gasteiger partial charge in [0.05, 0.1) is 0 Å². The van der Waals surface area contributed by atoms with E-state index in [0.717, 1.165) is 30.1 Å². The molecule has 0 atom stereocenters. The average molecular weight is 288 g/mol. The first kappa shape index (κ1) is 14.5. The number of nitrogens with one attached hydrogen (secondary N) is 1. The zero-order valence-corrected chi connectivity index (χ0v) is 11.7. The van der Waals surface area contributed by atoms with Gasteiger partial charge in [-0.2, -0.15) is 0 Å². The Hall–Kier alpha value is -0.540. The molecular weight excluding hydrogens is 273 g/mol. The molecule has 0 aliphatic rings. The molecule has 92 valence electrons. The molecule has 0 aliphatic heterocycles. The van der Waals surface area contributed by atoms with Crippen molar-refractivity contribution in [2.24, 2.45) is 0 Å². The van der Waals surface area contributed by atoms with Crippen molar-refractivity contribution in [1.82, 2.24) is 5.32 Å². The summed E-state index contributed by atoms with van der Waals surface area (Å²) in [6.07, 6.45) is 1.09. The van der Waals surface area contributed by atoms with E-state index in [1.165, 1.54) is 4.88 Å². The minimum absolute atomic E-state index is 0. The number of hydrogen-bond acceptors (Lipinski definition) is 2. The lowest BCUT2D eigenvalue weighted by atomic mass is 10.2. The predicted octanol–water partition coefficient (Wildman–Crippen LogP) is 0.850. The topological polar surface area (TPSA) is 12.0 Å². The van der Waals surface area contributed by atoms with E-state index in [2.05, 4.69) is 28.9 Å². The van der Waals surface area contributed by atoms with Crippen molar-refractivity contribution in [3.8, 4) is 0 Å². The van der Waals surface area contributed by atoms with Crippen LogP contribution in [0, 0.1) is 0 Å². The van der Waals surface area contributed by atoms with Crippen LogP contribution in [-0.2, 0) is 13.0 Å². The van der Waals surface area contributed by atoms with Crippen LogP contribution >= 0.6 is 22.9 Å². The normalized spacial score (nSPS) is 9.94. The smallest absolute Gasteiger partial charge is 1.00 e. The van der Waals surface area contributed by atoms with E-state index < -0.39 is 0 Å². The minimum atomic E-state index is 0. The number of benzene rings is 1. The van der Waals surface area contributed by atoms with E-state index in [-0.39, 0.29) is 13.8 Å². The summed E-state index contributed by atoms with van der Waals surface area (Å²) in [7, 11) is 0. The summed E-state index contributed by atoms with van der Waals surface area (Å²) in [4.78, 5) is 1.42. The van der Waals surface area contributed by atoms with Gasteiger partial charge in [0.25, 0.3) is 0 Å². The Morgan fingerprint density at radius 3 is 2.71 bits per heavy atom. The van der Waals surface area contributed by atoms with E-state index >= 15 is 0 Å². The van der Waals surface area contributed by atoms with Crippen LogP contribution in [-0.4, -0.2) is 6.54 Å². The lowest BCUT2D eigenvalue weighted by molar-refractivity contribution is -0.00000308. The summed E-state index contributed by atoms with van der Waals surface area (Å²) >= 11 is 7.87. The largest absolute Gasteiger partial charge is 1.00 e. The van der Waals surface area contributed by atoms with Gasteiger partial charge in [-0.15, -0.1) is 11.3 Å². The number of thiophene rings is 1. The SMILES string of the molecule is Clc1ccccc1CNCCc1cccs1.[Cl-].[H+]. The fraction of sp³-hybridized carbons (Fsp3) is 0.231. The maximum atomic E-state index is 6.06. The van der Waals surface area contributed by atoms with Gasteiger partial charge in [0.2, 0.25) is 0 Å². The van der Waals surface area contributed by atoms with Crippen LogP contribution < -0.4 is 17.7 Å². The molecule has 17 heavy (non-hydrogen) atoms. The molecule has 0 aliphatic carbocycles. The molecule has 1 aromatic heterocycles. The molecular formula is C13H15Cl2NS. The molecule has 1 aromatic carbocycles. The number of halogens is 2. The van der Waals surface area contributed by atoms with Crippen LogP contribution in [0.25, 0.3) is 0 Å². The molecule has 4 heteroatoms. The van der Waals surface area contributed by atoms with E-state index in [1.54, 1.807) is 11.3 Å². The molecule has 1 N–H and O–H groups in total. The summed E-state index contributed by atoms with van der Waals surface area (Å²) in [6, 6.07) is 12.2. The van der Waals surface area contributed by atoms with E-state index in [0.29, 0.717) is 0 Å². The average Bonchev–Trinajstić information content (AvgIpc) is 2.79. The quantitative estimate of drug-likeness (QED) is 0.804. The first-order valence-electron chi connectivity index (χ1n) is 5.33. The maximum Gasteiger partial charge on any atom is 1.00 e. The standard InChI is InChI=1S/C13H14ClNS.ClH/c14-13-6-2-1-4-11(13)10-15-8-7-12-5-3-9-16-12;/h1-6,9,15H,7-8,10H2;1H. The maximum absolute atomic E-state index is 6.06. The molecule has 0 unspecified atom stereocenters. The molecule has 1 heterocycles. The lowest BCUT2D eigenvalue weighted by Gasteiger charge is -2.05. The lowest BCUT2D eigenvalue weighted by Crippen LogP contribution is -3.00. The molecule has 2 rings (SSSR count). The second kappa shape index (κ2) is 7.72. The van der Waals surface area contributed by atoms with Crippen LogP contribution in [0.15, 0.2) is 41.8 Å². The highest BCUT2D eigenvalue weighted by atomic mass is 35.5. The van der Waals surface area contributed by atoms with E-state index in [9.17, 15) is 0 Å². The molecule has 0 fully saturated rings. The van der Waals surface area contributed by atoms with E-state index in [1.807, 2.05) is 18.2 Å². The Balaban J connectivity index is 0.00000144.